The van der Waals surface area contributed by atoms with Gasteiger partial charge in [0, 0.05) is 19.3 Å². The number of carbonyl (C=O) groups is 3. The number of carboxylic acids is 1. The number of quaternary nitrogens is 1. The molecule has 0 aromatic carbocycles. The van der Waals surface area contributed by atoms with E-state index in [9.17, 15) is 19.5 Å². The lowest BCUT2D eigenvalue weighted by molar-refractivity contribution is -0.889. The molecule has 0 saturated carbocycles. The van der Waals surface area contributed by atoms with Crippen molar-refractivity contribution in [1.82, 2.24) is 0 Å². The van der Waals surface area contributed by atoms with Crippen molar-refractivity contribution < 1.29 is 38.2 Å². The summed E-state index contributed by atoms with van der Waals surface area (Å²) < 4.78 is 17.3. The maximum absolute atomic E-state index is 12.8. The van der Waals surface area contributed by atoms with E-state index >= 15 is 0 Å². The second kappa shape index (κ2) is 48.5. The highest BCUT2D eigenvalue weighted by molar-refractivity contribution is 5.70. The number of hydrogen-bond donors (Lipinski definition) is 0. The molecule has 0 aromatic heterocycles. The van der Waals surface area contributed by atoms with E-state index in [0.29, 0.717) is 12.8 Å². The summed E-state index contributed by atoms with van der Waals surface area (Å²) in [6, 6.07) is -0.730. The van der Waals surface area contributed by atoms with E-state index in [1.165, 1.54) is 122 Å². The molecule has 0 bridgehead atoms. The largest absolute Gasteiger partial charge is 0.544 e. The van der Waals surface area contributed by atoms with Crippen molar-refractivity contribution in [3.8, 4) is 0 Å². The summed E-state index contributed by atoms with van der Waals surface area (Å²) in [6.45, 7) is 4.57. The maximum atomic E-state index is 12.8. The molecular weight excluding hydrogens is 823 g/mol. The monoisotopic (exact) mass is 926 g/mol. The summed E-state index contributed by atoms with van der Waals surface area (Å²) in [6.07, 6.45) is 61.1. The van der Waals surface area contributed by atoms with Crippen LogP contribution in [0.2, 0.25) is 0 Å². The molecule has 8 heteroatoms. The fourth-order valence-corrected chi connectivity index (χ4v) is 7.98. The van der Waals surface area contributed by atoms with Crippen molar-refractivity contribution >= 4 is 17.9 Å². The third kappa shape index (κ3) is 46.2. The van der Waals surface area contributed by atoms with Gasteiger partial charge in [0.1, 0.15) is 12.6 Å². The fraction of sp³-hybridized carbons (Fsp3) is 0.776. The number of likely N-dealkylation sites (N-methyl/N-ethyl adjacent to an activating group) is 1. The summed E-state index contributed by atoms with van der Waals surface area (Å²) in [7, 11) is 5.42. The Morgan fingerprint density at radius 3 is 1.26 bits per heavy atom. The third-order valence-corrected chi connectivity index (χ3v) is 12.2. The highest BCUT2D eigenvalue weighted by Gasteiger charge is 2.25. The lowest BCUT2D eigenvalue weighted by Crippen LogP contribution is -2.55. The van der Waals surface area contributed by atoms with Crippen LogP contribution in [0.3, 0.4) is 0 Å². The molecule has 8 nitrogen and oxygen atoms in total. The molecule has 0 heterocycles. The molecule has 0 spiro atoms. The topological polar surface area (TPSA) is 102 Å². The van der Waals surface area contributed by atoms with Crippen LogP contribution < -0.4 is 5.11 Å². The van der Waals surface area contributed by atoms with Gasteiger partial charge in [-0.15, -0.1) is 0 Å². The van der Waals surface area contributed by atoms with Gasteiger partial charge >= 0.3 is 11.9 Å². The van der Waals surface area contributed by atoms with Gasteiger partial charge in [0.15, 0.2) is 6.10 Å². The molecule has 0 aliphatic rings. The molecule has 382 valence electrons. The number of ether oxygens (including phenoxy) is 3. The van der Waals surface area contributed by atoms with Gasteiger partial charge in [0.25, 0.3) is 0 Å². The maximum Gasteiger partial charge on any atom is 0.306 e. The second-order valence-corrected chi connectivity index (χ2v) is 19.4. The average molecular weight is 926 g/mol. The number of nitrogens with zero attached hydrogens (tertiary/aromatic N) is 1. The molecule has 2 unspecified atom stereocenters. The molecule has 0 aromatic rings. The summed E-state index contributed by atoms with van der Waals surface area (Å²) >= 11 is 0. The molecule has 0 radical (unpaired) electrons. The molecule has 2 atom stereocenters. The molecular formula is C58H103NO7. The van der Waals surface area contributed by atoms with Crippen LogP contribution >= 0.6 is 0 Å². The average Bonchev–Trinajstić information content (AvgIpc) is 3.28. The van der Waals surface area contributed by atoms with Crippen molar-refractivity contribution in [2.75, 3.05) is 41.0 Å². The Kier molecular flexibility index (Phi) is 46.3. The summed E-state index contributed by atoms with van der Waals surface area (Å²) in [4.78, 5) is 37.1. The van der Waals surface area contributed by atoms with Crippen LogP contribution in [0, 0.1) is 0 Å². The van der Waals surface area contributed by atoms with E-state index in [2.05, 4.69) is 74.6 Å². The van der Waals surface area contributed by atoms with Crippen LogP contribution in [0.1, 0.15) is 239 Å². The second-order valence-electron chi connectivity index (χ2n) is 19.4. The number of unbranched alkanes of at least 4 members (excludes halogenated alkanes) is 25. The van der Waals surface area contributed by atoms with Crippen LogP contribution in [0.25, 0.3) is 0 Å². The molecule has 66 heavy (non-hydrogen) atoms. The summed E-state index contributed by atoms with van der Waals surface area (Å²) in [5.74, 6) is -1.74. The van der Waals surface area contributed by atoms with Crippen LogP contribution in [0.5, 0.6) is 0 Å². The predicted octanol–water partition coefficient (Wildman–Crippen LogP) is 14.8. The van der Waals surface area contributed by atoms with Gasteiger partial charge in [-0.3, -0.25) is 9.59 Å². The Bertz CT molecular complexity index is 1260. The number of carboxylic acid groups (broad SMARTS) is 1. The van der Waals surface area contributed by atoms with Gasteiger partial charge in [0.05, 0.1) is 40.3 Å². The number of allylic oxidation sites excluding steroid dienone is 10. The highest BCUT2D eigenvalue weighted by atomic mass is 16.6. The number of aliphatic carboxylic acids is 1. The van der Waals surface area contributed by atoms with Gasteiger partial charge < -0.3 is 28.6 Å². The smallest absolute Gasteiger partial charge is 0.306 e. The highest BCUT2D eigenvalue weighted by Crippen LogP contribution is 2.16. The van der Waals surface area contributed by atoms with Gasteiger partial charge in [-0.25, -0.2) is 0 Å². The number of esters is 2. The van der Waals surface area contributed by atoms with Crippen molar-refractivity contribution in [2.45, 2.75) is 251 Å². The van der Waals surface area contributed by atoms with Crippen LogP contribution in [-0.2, 0) is 28.6 Å². The first-order valence-corrected chi connectivity index (χ1v) is 27.3. The number of hydrogen-bond acceptors (Lipinski definition) is 7. The van der Waals surface area contributed by atoms with Gasteiger partial charge in [-0.1, -0.05) is 222 Å². The van der Waals surface area contributed by atoms with Crippen molar-refractivity contribution in [3.63, 3.8) is 0 Å². The third-order valence-electron chi connectivity index (χ3n) is 12.2. The van der Waals surface area contributed by atoms with Crippen molar-refractivity contribution in [3.05, 3.63) is 60.8 Å². The number of carbonyl (C=O) groups excluding carboxylic acids is 3. The first-order valence-electron chi connectivity index (χ1n) is 27.3. The summed E-state index contributed by atoms with van der Waals surface area (Å²) in [5, 5.41) is 11.7. The zero-order chi connectivity index (χ0) is 48.4. The first-order chi connectivity index (χ1) is 32.1. The van der Waals surface area contributed by atoms with Crippen LogP contribution in [-0.4, -0.2) is 75.5 Å². The van der Waals surface area contributed by atoms with E-state index in [1.807, 2.05) is 0 Å². The Morgan fingerprint density at radius 1 is 0.470 bits per heavy atom. The number of rotatable bonds is 49. The lowest BCUT2D eigenvalue weighted by atomic mass is 10.0. The van der Waals surface area contributed by atoms with Crippen LogP contribution in [0.4, 0.5) is 0 Å². The van der Waals surface area contributed by atoms with E-state index < -0.39 is 18.1 Å². The van der Waals surface area contributed by atoms with E-state index in [-0.39, 0.29) is 42.7 Å². The Hall–Kier alpha value is -2.97. The molecule has 0 aliphatic carbocycles. The molecule has 0 aliphatic heterocycles. The first kappa shape index (κ1) is 63.0. The van der Waals surface area contributed by atoms with Crippen molar-refractivity contribution in [1.29, 1.82) is 0 Å². The van der Waals surface area contributed by atoms with Crippen LogP contribution in [0.15, 0.2) is 60.8 Å². The Morgan fingerprint density at radius 2 is 0.848 bits per heavy atom. The van der Waals surface area contributed by atoms with Gasteiger partial charge in [-0.2, -0.15) is 0 Å². The van der Waals surface area contributed by atoms with E-state index in [0.717, 1.165) is 83.5 Å². The van der Waals surface area contributed by atoms with E-state index in [1.54, 1.807) is 21.1 Å². The minimum Gasteiger partial charge on any atom is -0.544 e. The normalized spacial score (nSPS) is 13.3. The quantitative estimate of drug-likeness (QED) is 0.0259. The zero-order valence-electron chi connectivity index (χ0n) is 43.6. The standard InChI is InChI=1S/C58H103NO7/c1-6-8-10-12-14-16-18-20-22-24-26-27-28-29-31-33-35-37-39-41-43-45-47-49-57(61)66-54(52-64-51-50-55(58(62)63)59(3,4)5)53-65-56(60)48-46-44-42-40-38-36-34-32-30-25-23-21-19-17-15-13-11-9-7-2/h8,10,14,16,20,22,26-27,29,31,54-55H,6-7,9,11-13,15,17-19,21,23-25,28,30,32-53H2,1-5H3/b10-8+,16-14+,22-20+,27-26+,31-29+. The Balaban J connectivity index is 4.23. The molecule has 0 fully saturated rings. The van der Waals surface area contributed by atoms with Crippen molar-refractivity contribution in [2.24, 2.45) is 0 Å². The fourth-order valence-electron chi connectivity index (χ4n) is 7.98. The zero-order valence-corrected chi connectivity index (χ0v) is 43.6. The predicted molar refractivity (Wildman–Crippen MR) is 277 cm³/mol. The lowest BCUT2D eigenvalue weighted by Gasteiger charge is -2.34. The van der Waals surface area contributed by atoms with Gasteiger partial charge in [-0.05, 0) is 57.8 Å². The summed E-state index contributed by atoms with van der Waals surface area (Å²) in [5.41, 5.74) is 0. The molecule has 0 amide bonds. The molecule has 0 saturated heterocycles. The minimum atomic E-state index is -1.13. The Labute approximate surface area is 407 Å². The van der Waals surface area contributed by atoms with Gasteiger partial charge in [0.2, 0.25) is 0 Å². The molecule has 0 rings (SSSR count). The SMILES string of the molecule is CC/C=C/C/C=C/C/C=C/C/C=C/C/C=C/CCCCCCCCCC(=O)OC(COCCC(C(=O)[O-])[N+](C)(C)C)COC(=O)CCCCCCCCCCCCCCCCCCCCC. The van der Waals surface area contributed by atoms with E-state index in [4.69, 9.17) is 14.2 Å². The minimum absolute atomic E-state index is 0.0365. The molecule has 0 N–H and O–H groups in total.